The average Bonchev–Trinajstić information content (AvgIpc) is 3.25. The molecule has 0 aliphatic rings. The van der Waals surface area contributed by atoms with Gasteiger partial charge < -0.3 is 9.47 Å². The van der Waals surface area contributed by atoms with Gasteiger partial charge in [-0.15, -0.1) is 0 Å². The Hall–Kier alpha value is -1.58. The highest BCUT2D eigenvalue weighted by Gasteiger charge is 2.14. The van der Waals surface area contributed by atoms with Crippen molar-refractivity contribution in [1.29, 1.82) is 0 Å². The third-order valence-corrected chi connectivity index (χ3v) is 13.0. The SMILES string of the molecule is CCCCCCCCCCOC(=O)/C(C)=C(/CCCCCCCCCC)CCCCCCCC/C(CCCCCCCCCC)=C(\C)C(=O)OCCCCCCCCCC. The molecule has 0 aromatic rings. The Balaban J connectivity index is 4.91. The fraction of sp³-hybridized carbons (Fsp3) is 0.893. The van der Waals surface area contributed by atoms with Crippen molar-refractivity contribution in [1.82, 2.24) is 0 Å². The lowest BCUT2D eigenvalue weighted by atomic mass is 9.94. The zero-order chi connectivity index (χ0) is 44.0. The van der Waals surface area contributed by atoms with Crippen LogP contribution in [0.2, 0.25) is 0 Å². The third kappa shape index (κ3) is 38.1. The zero-order valence-corrected chi connectivity index (χ0v) is 41.7. The average molecular weight is 843 g/mol. The van der Waals surface area contributed by atoms with Crippen molar-refractivity contribution in [2.24, 2.45) is 0 Å². The first kappa shape index (κ1) is 58.4. The van der Waals surface area contributed by atoms with E-state index in [1.807, 2.05) is 13.8 Å². The molecule has 0 saturated heterocycles. The fourth-order valence-electron chi connectivity index (χ4n) is 8.64. The smallest absolute Gasteiger partial charge is 0.333 e. The number of unbranched alkanes of at least 4 members (excludes halogenated alkanes) is 33. The van der Waals surface area contributed by atoms with E-state index in [0.29, 0.717) is 13.2 Å². The largest absolute Gasteiger partial charge is 0.462 e. The fourth-order valence-corrected chi connectivity index (χ4v) is 8.64. The summed E-state index contributed by atoms with van der Waals surface area (Å²) in [5.74, 6) is -0.147. The van der Waals surface area contributed by atoms with Crippen LogP contribution in [-0.2, 0) is 19.1 Å². The quantitative estimate of drug-likeness (QED) is 0.0348. The normalized spacial score (nSPS) is 12.4. The van der Waals surface area contributed by atoms with E-state index in [9.17, 15) is 9.59 Å². The molecule has 0 atom stereocenters. The molecule has 4 heteroatoms. The first-order valence-corrected chi connectivity index (χ1v) is 27.1. The maximum absolute atomic E-state index is 13.1. The lowest BCUT2D eigenvalue weighted by Gasteiger charge is -2.14. The molecule has 0 heterocycles. The standard InChI is InChI=1S/C56H106O4/c1-7-11-15-19-23-27-33-39-45-53(51(5)55(57)59-49-43-37-31-25-21-17-13-9-3)47-41-35-29-30-36-42-48-54(46-40-34-28-24-20-16-12-8-2)52(6)56(58)60-50-44-38-32-26-22-18-14-10-4/h7-50H2,1-6H3/b53-51-,54-52+. The Kier molecular flexibility index (Phi) is 45.7. The van der Waals surface area contributed by atoms with Crippen molar-refractivity contribution < 1.29 is 19.1 Å². The summed E-state index contributed by atoms with van der Waals surface area (Å²) in [5, 5.41) is 0. The molecule has 0 radical (unpaired) electrons. The molecule has 0 spiro atoms. The lowest BCUT2D eigenvalue weighted by Crippen LogP contribution is -2.10. The van der Waals surface area contributed by atoms with Crippen LogP contribution in [0.4, 0.5) is 0 Å². The maximum atomic E-state index is 13.1. The van der Waals surface area contributed by atoms with Gasteiger partial charge in [-0.05, 0) is 78.1 Å². The molecule has 0 rings (SSSR count). The zero-order valence-electron chi connectivity index (χ0n) is 41.7. The number of rotatable bonds is 47. The molecule has 0 N–H and O–H groups in total. The van der Waals surface area contributed by atoms with E-state index < -0.39 is 0 Å². The summed E-state index contributed by atoms with van der Waals surface area (Å²) in [4.78, 5) is 26.3. The van der Waals surface area contributed by atoms with Gasteiger partial charge in [0.05, 0.1) is 13.2 Å². The second kappa shape index (κ2) is 46.9. The number of carbonyl (C=O) groups is 2. The Bertz CT molecular complexity index is 929. The second-order valence-corrected chi connectivity index (χ2v) is 18.7. The third-order valence-electron chi connectivity index (χ3n) is 13.0. The molecular formula is C56H106O4. The van der Waals surface area contributed by atoms with Gasteiger partial charge in [-0.2, -0.15) is 0 Å². The predicted octanol–water partition coefficient (Wildman–Crippen LogP) is 19.2. The van der Waals surface area contributed by atoms with Crippen molar-refractivity contribution >= 4 is 11.9 Å². The van der Waals surface area contributed by atoms with E-state index in [0.717, 1.165) is 75.4 Å². The Morgan fingerprint density at radius 3 is 0.667 bits per heavy atom. The molecule has 0 amide bonds. The highest BCUT2D eigenvalue weighted by atomic mass is 16.5. The molecule has 0 aromatic carbocycles. The summed E-state index contributed by atoms with van der Waals surface area (Å²) >= 11 is 0. The van der Waals surface area contributed by atoms with Gasteiger partial charge in [0.15, 0.2) is 0 Å². The molecule has 0 saturated carbocycles. The van der Waals surface area contributed by atoms with Gasteiger partial charge in [-0.3, -0.25) is 0 Å². The number of hydrogen-bond acceptors (Lipinski definition) is 4. The molecule has 0 bridgehead atoms. The van der Waals surface area contributed by atoms with Crippen LogP contribution in [-0.4, -0.2) is 25.2 Å². The summed E-state index contributed by atoms with van der Waals surface area (Å²) in [6.07, 6.45) is 52.5. The molecule has 0 aliphatic heterocycles. The van der Waals surface area contributed by atoms with Crippen LogP contribution < -0.4 is 0 Å². The van der Waals surface area contributed by atoms with Crippen LogP contribution >= 0.6 is 0 Å². The first-order valence-electron chi connectivity index (χ1n) is 27.1. The van der Waals surface area contributed by atoms with E-state index in [1.165, 1.54) is 217 Å². The van der Waals surface area contributed by atoms with Crippen molar-refractivity contribution in [3.63, 3.8) is 0 Å². The van der Waals surface area contributed by atoms with Crippen molar-refractivity contribution in [2.45, 2.75) is 311 Å². The van der Waals surface area contributed by atoms with E-state index in [4.69, 9.17) is 9.47 Å². The molecule has 0 aliphatic carbocycles. The molecule has 0 unspecified atom stereocenters. The molecule has 4 nitrogen and oxygen atoms in total. The number of carbonyl (C=O) groups excluding carboxylic acids is 2. The minimum Gasteiger partial charge on any atom is -0.462 e. The van der Waals surface area contributed by atoms with Gasteiger partial charge >= 0.3 is 11.9 Å². The highest BCUT2D eigenvalue weighted by Crippen LogP contribution is 2.25. The van der Waals surface area contributed by atoms with E-state index in [2.05, 4.69) is 27.7 Å². The van der Waals surface area contributed by atoms with Gasteiger partial charge in [0.1, 0.15) is 0 Å². The topological polar surface area (TPSA) is 52.6 Å². The van der Waals surface area contributed by atoms with Crippen molar-refractivity contribution in [3.05, 3.63) is 22.3 Å². The van der Waals surface area contributed by atoms with Crippen molar-refractivity contribution in [3.8, 4) is 0 Å². The second-order valence-electron chi connectivity index (χ2n) is 18.7. The summed E-state index contributed by atoms with van der Waals surface area (Å²) in [6.45, 7) is 14.3. The van der Waals surface area contributed by atoms with Crippen LogP contribution in [0.25, 0.3) is 0 Å². The molecule has 0 aromatic heterocycles. The summed E-state index contributed by atoms with van der Waals surface area (Å²) in [6, 6.07) is 0. The van der Waals surface area contributed by atoms with Crippen LogP contribution in [0.15, 0.2) is 22.3 Å². The molecule has 354 valence electrons. The van der Waals surface area contributed by atoms with Gasteiger partial charge in [-0.1, -0.05) is 244 Å². The summed E-state index contributed by atoms with van der Waals surface area (Å²) < 4.78 is 11.6. The summed E-state index contributed by atoms with van der Waals surface area (Å²) in [5.41, 5.74) is 4.48. The minimum absolute atomic E-state index is 0.0734. The molecule has 0 fully saturated rings. The Labute approximate surface area is 376 Å². The predicted molar refractivity (Wildman–Crippen MR) is 264 cm³/mol. The van der Waals surface area contributed by atoms with Gasteiger partial charge in [0.25, 0.3) is 0 Å². The lowest BCUT2D eigenvalue weighted by molar-refractivity contribution is -0.140. The molecular weight excluding hydrogens is 737 g/mol. The maximum Gasteiger partial charge on any atom is 0.333 e. The Morgan fingerprint density at radius 1 is 0.267 bits per heavy atom. The van der Waals surface area contributed by atoms with E-state index in [-0.39, 0.29) is 11.9 Å². The van der Waals surface area contributed by atoms with Gasteiger partial charge in [0.2, 0.25) is 0 Å². The molecule has 60 heavy (non-hydrogen) atoms. The van der Waals surface area contributed by atoms with Gasteiger partial charge in [0, 0.05) is 11.1 Å². The number of hydrogen-bond donors (Lipinski definition) is 0. The first-order chi connectivity index (χ1) is 29.4. The number of allylic oxidation sites excluding steroid dienone is 2. The minimum atomic E-state index is -0.0734. The number of esters is 2. The van der Waals surface area contributed by atoms with E-state index >= 15 is 0 Å². The van der Waals surface area contributed by atoms with Crippen LogP contribution in [0.3, 0.4) is 0 Å². The van der Waals surface area contributed by atoms with Crippen LogP contribution in [0.1, 0.15) is 311 Å². The summed E-state index contributed by atoms with van der Waals surface area (Å²) in [7, 11) is 0. The Morgan fingerprint density at radius 2 is 0.450 bits per heavy atom. The van der Waals surface area contributed by atoms with Crippen LogP contribution in [0, 0.1) is 0 Å². The van der Waals surface area contributed by atoms with Crippen LogP contribution in [0.5, 0.6) is 0 Å². The van der Waals surface area contributed by atoms with Crippen molar-refractivity contribution in [2.75, 3.05) is 13.2 Å². The van der Waals surface area contributed by atoms with E-state index in [1.54, 1.807) is 0 Å². The highest BCUT2D eigenvalue weighted by molar-refractivity contribution is 5.89. The monoisotopic (exact) mass is 843 g/mol. The number of ether oxygens (including phenoxy) is 2. The van der Waals surface area contributed by atoms with Gasteiger partial charge in [-0.25, -0.2) is 9.59 Å².